The first kappa shape index (κ1) is 29.0. The van der Waals surface area contributed by atoms with Gasteiger partial charge in [0.2, 0.25) is 5.91 Å². The predicted molar refractivity (Wildman–Crippen MR) is 154 cm³/mol. The lowest BCUT2D eigenvalue weighted by Gasteiger charge is -2.14. The lowest BCUT2D eigenvalue weighted by Crippen LogP contribution is -2.25. The number of furan rings is 1. The summed E-state index contributed by atoms with van der Waals surface area (Å²) in [6.07, 6.45) is 3.95. The first-order valence-electron chi connectivity index (χ1n) is 13.1. The number of nitro groups is 1. The number of rotatable bonds is 11. The number of fused-ring (bicyclic) bond motifs is 1. The molecule has 0 bridgehead atoms. The van der Waals surface area contributed by atoms with Gasteiger partial charge in [-0.3, -0.25) is 24.3 Å². The molecule has 1 unspecified atom stereocenters. The monoisotopic (exact) mass is 610 g/mol. The number of hydrogen-bond acceptors (Lipinski definition) is 11. The van der Waals surface area contributed by atoms with E-state index in [1.165, 1.54) is 47.9 Å². The van der Waals surface area contributed by atoms with Crippen molar-refractivity contribution in [2.75, 3.05) is 11.9 Å². The van der Waals surface area contributed by atoms with E-state index in [2.05, 4.69) is 20.8 Å². The summed E-state index contributed by atoms with van der Waals surface area (Å²) >= 11 is 2.50. The predicted octanol–water partition coefficient (Wildman–Crippen LogP) is 4.54. The number of non-ortho nitro benzene ring substituents is 1. The Kier molecular flexibility index (Phi) is 8.68. The Balaban J connectivity index is 1.38. The van der Waals surface area contributed by atoms with Crippen LogP contribution in [0, 0.1) is 10.1 Å². The van der Waals surface area contributed by atoms with Gasteiger partial charge in [-0.2, -0.15) is 0 Å². The third-order valence-corrected chi connectivity index (χ3v) is 8.71. The smallest absolute Gasteiger partial charge is 0.341 e. The summed E-state index contributed by atoms with van der Waals surface area (Å²) in [6.45, 7) is 3.62. The van der Waals surface area contributed by atoms with Crippen molar-refractivity contribution in [2.24, 2.45) is 0 Å². The van der Waals surface area contributed by atoms with Crippen molar-refractivity contribution in [2.45, 2.75) is 50.1 Å². The van der Waals surface area contributed by atoms with Gasteiger partial charge < -0.3 is 19.8 Å². The molecule has 1 aliphatic rings. The normalized spacial score (nSPS) is 12.9. The van der Waals surface area contributed by atoms with Crippen molar-refractivity contribution in [3.8, 4) is 5.69 Å². The summed E-state index contributed by atoms with van der Waals surface area (Å²) < 4.78 is 12.0. The number of thioether (sulfide) groups is 1. The number of hydrogen-bond donors (Lipinski definition) is 2. The molecule has 0 saturated heterocycles. The number of esters is 1. The van der Waals surface area contributed by atoms with Crippen LogP contribution < -0.4 is 10.6 Å². The van der Waals surface area contributed by atoms with E-state index in [1.54, 1.807) is 24.5 Å². The molecule has 2 N–H and O–H groups in total. The van der Waals surface area contributed by atoms with E-state index >= 15 is 0 Å². The molecule has 0 aliphatic heterocycles. The van der Waals surface area contributed by atoms with Crippen LogP contribution >= 0.6 is 23.1 Å². The van der Waals surface area contributed by atoms with Gasteiger partial charge in [0, 0.05) is 22.7 Å². The molecule has 1 atom stereocenters. The number of carbonyl (C=O) groups is 3. The molecular weight excluding hydrogens is 584 g/mol. The number of aryl methyl sites for hydroxylation is 1. The van der Waals surface area contributed by atoms with Crippen molar-refractivity contribution >= 4 is 51.6 Å². The fourth-order valence-corrected chi connectivity index (χ4v) is 6.63. The molecule has 1 aromatic carbocycles. The van der Waals surface area contributed by atoms with Crippen LogP contribution in [-0.4, -0.2) is 49.3 Å². The zero-order valence-electron chi connectivity index (χ0n) is 22.6. The highest BCUT2D eigenvalue weighted by Gasteiger charge is 2.30. The van der Waals surface area contributed by atoms with Gasteiger partial charge in [0.25, 0.3) is 11.6 Å². The number of nitro benzene ring substituents is 1. The largest absolute Gasteiger partial charge is 0.462 e. The summed E-state index contributed by atoms with van der Waals surface area (Å²) in [4.78, 5) is 50.2. The first-order valence-corrected chi connectivity index (χ1v) is 14.8. The number of nitrogens with one attached hydrogen (secondary N) is 2. The van der Waals surface area contributed by atoms with Crippen molar-refractivity contribution in [1.82, 2.24) is 20.1 Å². The van der Waals surface area contributed by atoms with Crippen molar-refractivity contribution in [3.05, 3.63) is 80.4 Å². The number of ether oxygens (including phenoxy) is 1. The summed E-state index contributed by atoms with van der Waals surface area (Å²) in [6, 6.07) is 8.87. The molecule has 3 aromatic heterocycles. The number of carbonyl (C=O) groups excluding carboxylic acids is 3. The molecule has 13 nitrogen and oxygen atoms in total. The Labute approximate surface area is 247 Å². The Bertz CT molecular complexity index is 1630. The zero-order chi connectivity index (χ0) is 29.8. The van der Waals surface area contributed by atoms with E-state index in [0.29, 0.717) is 27.2 Å². The first-order chi connectivity index (χ1) is 20.3. The molecule has 218 valence electrons. The summed E-state index contributed by atoms with van der Waals surface area (Å²) in [5, 5.41) is 25.4. The maximum absolute atomic E-state index is 13.3. The van der Waals surface area contributed by atoms with Crippen LogP contribution in [0.1, 0.15) is 57.4 Å². The SMILES string of the molecule is CCOC(=O)c1c(NC(=O)C(C)Sc2nnc(CNC(=O)c3ccco3)n2-c2ccc([N+](=O)[O-])cc2)sc2c1CCC2. The lowest BCUT2D eigenvalue weighted by molar-refractivity contribution is -0.384. The third-order valence-electron chi connectivity index (χ3n) is 6.46. The van der Waals surface area contributed by atoms with E-state index in [-0.39, 0.29) is 30.5 Å². The van der Waals surface area contributed by atoms with Crippen molar-refractivity contribution in [1.29, 1.82) is 0 Å². The Morgan fingerprint density at radius 3 is 2.69 bits per heavy atom. The summed E-state index contributed by atoms with van der Waals surface area (Å²) in [5.41, 5.74) is 1.76. The van der Waals surface area contributed by atoms with Crippen LogP contribution in [0.3, 0.4) is 0 Å². The Hall–Kier alpha value is -4.50. The van der Waals surface area contributed by atoms with Crippen molar-refractivity contribution < 1.29 is 28.5 Å². The van der Waals surface area contributed by atoms with Gasteiger partial charge in [0.05, 0.1) is 35.2 Å². The average molecular weight is 611 g/mol. The minimum absolute atomic E-state index is 0.0334. The minimum atomic E-state index is -0.677. The Morgan fingerprint density at radius 2 is 2.00 bits per heavy atom. The second-order valence-corrected chi connectivity index (χ2v) is 11.6. The zero-order valence-corrected chi connectivity index (χ0v) is 24.3. The van der Waals surface area contributed by atoms with E-state index in [9.17, 15) is 24.5 Å². The second-order valence-electron chi connectivity index (χ2n) is 9.20. The molecule has 5 rings (SSSR count). The van der Waals surface area contributed by atoms with Gasteiger partial charge in [0.15, 0.2) is 16.7 Å². The molecule has 3 heterocycles. The number of benzene rings is 1. The number of amides is 2. The number of thiophene rings is 1. The topological polar surface area (TPSA) is 171 Å². The van der Waals surface area contributed by atoms with Gasteiger partial charge in [-0.25, -0.2) is 4.79 Å². The molecular formula is C27H26N6O7S2. The number of aromatic nitrogens is 3. The quantitative estimate of drug-likeness (QED) is 0.106. The Morgan fingerprint density at radius 1 is 1.21 bits per heavy atom. The fraction of sp³-hybridized carbons (Fsp3) is 0.296. The van der Waals surface area contributed by atoms with E-state index in [1.807, 2.05) is 0 Å². The molecule has 15 heteroatoms. The van der Waals surface area contributed by atoms with Gasteiger partial charge >= 0.3 is 5.97 Å². The third kappa shape index (κ3) is 6.06. The standard InChI is InChI=1S/C27H26N6O7S2/c1-3-39-26(36)22-18-6-4-8-20(18)42-25(22)29-23(34)15(2)41-27-31-30-21(14-28-24(35)19-7-5-13-40-19)32(27)16-9-11-17(12-10-16)33(37)38/h5,7,9-13,15H,3-4,6,8,14H2,1-2H3,(H,28,35)(H,29,34). The van der Waals surface area contributed by atoms with Crippen LogP contribution in [0.5, 0.6) is 0 Å². The summed E-state index contributed by atoms with van der Waals surface area (Å²) in [7, 11) is 0. The van der Waals surface area contributed by atoms with Gasteiger partial charge in [-0.05, 0) is 62.9 Å². The van der Waals surface area contributed by atoms with Crippen LogP contribution in [0.2, 0.25) is 0 Å². The lowest BCUT2D eigenvalue weighted by atomic mass is 10.1. The highest BCUT2D eigenvalue weighted by Crippen LogP contribution is 2.40. The maximum atomic E-state index is 13.3. The van der Waals surface area contributed by atoms with Gasteiger partial charge in [-0.1, -0.05) is 11.8 Å². The molecule has 0 radical (unpaired) electrons. The van der Waals surface area contributed by atoms with Crippen LogP contribution in [0.4, 0.5) is 10.7 Å². The molecule has 0 spiro atoms. The molecule has 4 aromatic rings. The summed E-state index contributed by atoms with van der Waals surface area (Å²) in [5.74, 6) is -0.806. The highest BCUT2D eigenvalue weighted by atomic mass is 32.2. The second kappa shape index (κ2) is 12.6. The average Bonchev–Trinajstić information content (AvgIpc) is 3.77. The fourth-order valence-electron chi connectivity index (χ4n) is 4.46. The van der Waals surface area contributed by atoms with Crippen molar-refractivity contribution in [3.63, 3.8) is 0 Å². The molecule has 0 fully saturated rings. The van der Waals surface area contributed by atoms with Gasteiger partial charge in [0.1, 0.15) is 5.00 Å². The number of nitrogens with zero attached hydrogens (tertiary/aromatic N) is 4. The van der Waals surface area contributed by atoms with Gasteiger partial charge in [-0.15, -0.1) is 21.5 Å². The minimum Gasteiger partial charge on any atom is -0.462 e. The van der Waals surface area contributed by atoms with E-state index < -0.39 is 22.0 Å². The van der Waals surface area contributed by atoms with E-state index in [4.69, 9.17) is 9.15 Å². The van der Waals surface area contributed by atoms with E-state index in [0.717, 1.165) is 41.5 Å². The number of anilines is 1. The van der Waals surface area contributed by atoms with Crippen LogP contribution in [0.25, 0.3) is 5.69 Å². The molecule has 1 aliphatic carbocycles. The highest BCUT2D eigenvalue weighted by molar-refractivity contribution is 8.00. The van der Waals surface area contributed by atoms with Crippen LogP contribution in [-0.2, 0) is 28.9 Å². The molecule has 2 amide bonds. The van der Waals surface area contributed by atoms with Crippen LogP contribution in [0.15, 0.2) is 52.2 Å². The molecule has 0 saturated carbocycles. The molecule has 42 heavy (non-hydrogen) atoms. The maximum Gasteiger partial charge on any atom is 0.341 e.